The second-order valence-corrected chi connectivity index (χ2v) is 6.35. The van der Waals surface area contributed by atoms with Crippen molar-refractivity contribution in [3.63, 3.8) is 0 Å². The number of rotatable bonds is 8. The molecule has 5 heteroatoms. The van der Waals surface area contributed by atoms with Crippen LogP contribution < -0.4 is 5.32 Å². The molecular formula is C17H25NO4. The van der Waals surface area contributed by atoms with Gasteiger partial charge in [-0.05, 0) is 43.9 Å². The second-order valence-electron chi connectivity index (χ2n) is 6.35. The number of aliphatic hydroxyl groups is 1. The molecule has 2 rings (SSSR count). The molecule has 1 amide bonds. The molecule has 1 aliphatic carbocycles. The summed E-state index contributed by atoms with van der Waals surface area (Å²) in [5, 5.41) is 12.0. The maximum absolute atomic E-state index is 12.0. The molecule has 22 heavy (non-hydrogen) atoms. The van der Waals surface area contributed by atoms with Gasteiger partial charge in [-0.3, -0.25) is 4.79 Å². The number of carbonyl (C=O) groups excluding carboxylic acids is 1. The zero-order valence-corrected chi connectivity index (χ0v) is 13.5. The van der Waals surface area contributed by atoms with Crippen molar-refractivity contribution < 1.29 is 19.1 Å². The molecule has 3 atom stereocenters. The third-order valence-corrected chi connectivity index (χ3v) is 4.07. The second kappa shape index (κ2) is 7.11. The first-order valence-corrected chi connectivity index (χ1v) is 7.67. The molecule has 0 radical (unpaired) electrons. The molecule has 1 aromatic rings. The Balaban J connectivity index is 1.91. The van der Waals surface area contributed by atoms with E-state index in [-0.39, 0.29) is 12.5 Å². The van der Waals surface area contributed by atoms with Crippen LogP contribution in [0.3, 0.4) is 0 Å². The van der Waals surface area contributed by atoms with Crippen LogP contribution in [0, 0.1) is 5.92 Å². The third kappa shape index (κ3) is 4.45. The van der Waals surface area contributed by atoms with Crippen LogP contribution in [0.15, 0.2) is 22.6 Å². The SMILES string of the molecule is COCC(C)(CCO)NC(=O)/C=C/c1ccc(C2CC2C)o1. The maximum atomic E-state index is 12.0. The van der Waals surface area contributed by atoms with Gasteiger partial charge in [-0.1, -0.05) is 6.92 Å². The van der Waals surface area contributed by atoms with E-state index in [0.29, 0.717) is 30.6 Å². The average molecular weight is 307 g/mol. The summed E-state index contributed by atoms with van der Waals surface area (Å²) in [6, 6.07) is 3.86. The molecule has 0 saturated heterocycles. The predicted octanol–water partition coefficient (Wildman–Crippen LogP) is 2.32. The van der Waals surface area contributed by atoms with Gasteiger partial charge in [0.1, 0.15) is 11.5 Å². The molecule has 0 aromatic carbocycles. The van der Waals surface area contributed by atoms with E-state index in [1.165, 1.54) is 12.5 Å². The Labute approximate surface area is 131 Å². The summed E-state index contributed by atoms with van der Waals surface area (Å²) in [5.41, 5.74) is -0.581. The summed E-state index contributed by atoms with van der Waals surface area (Å²) in [6.07, 6.45) is 4.72. The molecular weight excluding hydrogens is 282 g/mol. The Hall–Kier alpha value is -1.59. The first-order valence-electron chi connectivity index (χ1n) is 7.67. The standard InChI is InChI=1S/C17H25NO4/c1-12-10-14(12)15-6-4-13(22-15)5-7-16(20)18-17(2,8-9-19)11-21-3/h4-7,12,14,19H,8-11H2,1-3H3,(H,18,20)/b7-5+. The van der Waals surface area contributed by atoms with Crippen LogP contribution in [0.4, 0.5) is 0 Å². The first kappa shape index (κ1) is 16.8. The van der Waals surface area contributed by atoms with Gasteiger partial charge < -0.3 is 19.6 Å². The van der Waals surface area contributed by atoms with E-state index in [1.54, 1.807) is 13.2 Å². The fourth-order valence-electron chi connectivity index (χ4n) is 2.61. The molecule has 1 fully saturated rings. The number of hydrogen-bond donors (Lipinski definition) is 2. The monoisotopic (exact) mass is 307 g/mol. The fraction of sp³-hybridized carbons (Fsp3) is 0.588. The normalized spacial score (nSPS) is 23.5. The van der Waals surface area contributed by atoms with E-state index >= 15 is 0 Å². The average Bonchev–Trinajstić information content (AvgIpc) is 3.00. The van der Waals surface area contributed by atoms with Crippen LogP contribution >= 0.6 is 0 Å². The van der Waals surface area contributed by atoms with Gasteiger partial charge in [0.15, 0.2) is 0 Å². The molecule has 0 aliphatic heterocycles. The lowest BCUT2D eigenvalue weighted by molar-refractivity contribution is -0.119. The van der Waals surface area contributed by atoms with Crippen LogP contribution in [0.25, 0.3) is 6.08 Å². The van der Waals surface area contributed by atoms with Gasteiger partial charge in [-0.2, -0.15) is 0 Å². The van der Waals surface area contributed by atoms with E-state index in [1.807, 2.05) is 19.1 Å². The third-order valence-electron chi connectivity index (χ3n) is 4.07. The zero-order valence-electron chi connectivity index (χ0n) is 13.5. The highest BCUT2D eigenvalue weighted by atomic mass is 16.5. The molecule has 0 spiro atoms. The fourth-order valence-corrected chi connectivity index (χ4v) is 2.61. The van der Waals surface area contributed by atoms with Gasteiger partial charge in [0.05, 0.1) is 12.1 Å². The van der Waals surface area contributed by atoms with E-state index in [4.69, 9.17) is 14.3 Å². The zero-order chi connectivity index (χ0) is 16.2. The lowest BCUT2D eigenvalue weighted by Crippen LogP contribution is -2.49. The minimum absolute atomic E-state index is 0.00896. The summed E-state index contributed by atoms with van der Waals surface area (Å²) in [6.45, 7) is 4.38. The van der Waals surface area contributed by atoms with Crippen molar-refractivity contribution in [2.75, 3.05) is 20.3 Å². The molecule has 1 heterocycles. The Morgan fingerprint density at radius 3 is 2.91 bits per heavy atom. The number of nitrogens with one attached hydrogen (secondary N) is 1. The van der Waals surface area contributed by atoms with Gasteiger partial charge in [0, 0.05) is 25.7 Å². The molecule has 122 valence electrons. The molecule has 0 bridgehead atoms. The highest BCUT2D eigenvalue weighted by Crippen LogP contribution is 2.47. The number of furan rings is 1. The number of methoxy groups -OCH3 is 1. The molecule has 1 aromatic heterocycles. The van der Waals surface area contributed by atoms with E-state index in [0.717, 1.165) is 5.76 Å². The van der Waals surface area contributed by atoms with Crippen LogP contribution in [-0.4, -0.2) is 36.9 Å². The number of hydrogen-bond acceptors (Lipinski definition) is 4. The van der Waals surface area contributed by atoms with Crippen molar-refractivity contribution in [2.45, 2.75) is 38.1 Å². The predicted molar refractivity (Wildman–Crippen MR) is 84.4 cm³/mol. The van der Waals surface area contributed by atoms with Crippen molar-refractivity contribution in [3.8, 4) is 0 Å². The topological polar surface area (TPSA) is 71.7 Å². The molecule has 1 saturated carbocycles. The summed E-state index contributed by atoms with van der Waals surface area (Å²) in [7, 11) is 1.57. The van der Waals surface area contributed by atoms with Crippen molar-refractivity contribution in [1.29, 1.82) is 0 Å². The van der Waals surface area contributed by atoms with Crippen LogP contribution in [-0.2, 0) is 9.53 Å². The summed E-state index contributed by atoms with van der Waals surface area (Å²) >= 11 is 0. The minimum Gasteiger partial charge on any atom is -0.461 e. The highest BCUT2D eigenvalue weighted by Gasteiger charge is 2.36. The number of amides is 1. The summed E-state index contributed by atoms with van der Waals surface area (Å²) in [4.78, 5) is 12.0. The Morgan fingerprint density at radius 2 is 2.32 bits per heavy atom. The highest BCUT2D eigenvalue weighted by molar-refractivity contribution is 5.91. The summed E-state index contributed by atoms with van der Waals surface area (Å²) < 4.78 is 10.8. The van der Waals surface area contributed by atoms with Crippen molar-refractivity contribution in [2.24, 2.45) is 5.92 Å². The molecule has 1 aliphatic rings. The van der Waals surface area contributed by atoms with Crippen LogP contribution in [0.1, 0.15) is 44.1 Å². The Morgan fingerprint density at radius 1 is 1.59 bits per heavy atom. The number of ether oxygens (including phenoxy) is 1. The van der Waals surface area contributed by atoms with Crippen LogP contribution in [0.5, 0.6) is 0 Å². The quantitative estimate of drug-likeness (QED) is 0.723. The van der Waals surface area contributed by atoms with Gasteiger partial charge in [-0.25, -0.2) is 0 Å². The first-order chi connectivity index (χ1) is 10.5. The summed E-state index contributed by atoms with van der Waals surface area (Å²) in [5.74, 6) is 2.67. The number of carbonyl (C=O) groups is 1. The van der Waals surface area contributed by atoms with Crippen molar-refractivity contribution in [3.05, 3.63) is 29.7 Å². The van der Waals surface area contributed by atoms with Gasteiger partial charge in [-0.15, -0.1) is 0 Å². The van der Waals surface area contributed by atoms with Gasteiger partial charge in [0.25, 0.3) is 0 Å². The Kier molecular flexibility index (Phi) is 5.42. The van der Waals surface area contributed by atoms with E-state index < -0.39 is 5.54 Å². The van der Waals surface area contributed by atoms with Crippen molar-refractivity contribution >= 4 is 12.0 Å². The maximum Gasteiger partial charge on any atom is 0.244 e. The lowest BCUT2D eigenvalue weighted by atomic mass is 9.99. The lowest BCUT2D eigenvalue weighted by Gasteiger charge is -2.28. The van der Waals surface area contributed by atoms with Gasteiger partial charge in [0.2, 0.25) is 5.91 Å². The van der Waals surface area contributed by atoms with Crippen molar-refractivity contribution in [1.82, 2.24) is 5.32 Å². The minimum atomic E-state index is -0.581. The molecule has 5 nitrogen and oxygen atoms in total. The Bertz CT molecular complexity index is 529. The van der Waals surface area contributed by atoms with Crippen LogP contribution in [0.2, 0.25) is 0 Å². The van der Waals surface area contributed by atoms with Gasteiger partial charge >= 0.3 is 0 Å². The number of aliphatic hydroxyl groups excluding tert-OH is 1. The smallest absolute Gasteiger partial charge is 0.244 e. The molecule has 2 N–H and O–H groups in total. The van der Waals surface area contributed by atoms with E-state index in [2.05, 4.69) is 12.2 Å². The molecule has 3 unspecified atom stereocenters. The van der Waals surface area contributed by atoms with E-state index in [9.17, 15) is 4.79 Å². The largest absolute Gasteiger partial charge is 0.461 e.